The van der Waals surface area contributed by atoms with Gasteiger partial charge in [0.25, 0.3) is 0 Å². The molecule has 4 rings (SSSR count). The molecule has 0 amide bonds. The van der Waals surface area contributed by atoms with Crippen molar-refractivity contribution in [1.29, 1.82) is 0 Å². The van der Waals surface area contributed by atoms with E-state index in [1.54, 1.807) is 0 Å². The Morgan fingerprint density at radius 2 is 2.00 bits per heavy atom. The number of hydrogen-bond donors (Lipinski definition) is 0. The molecule has 2 fully saturated rings. The van der Waals surface area contributed by atoms with Crippen LogP contribution in [-0.2, 0) is 0 Å². The highest BCUT2D eigenvalue weighted by Gasteiger charge is 2.48. The van der Waals surface area contributed by atoms with E-state index in [2.05, 4.69) is 36.2 Å². The van der Waals surface area contributed by atoms with E-state index in [-0.39, 0.29) is 5.60 Å². The molecule has 2 unspecified atom stereocenters. The number of nitrogens with zero attached hydrogens (tertiary/aromatic N) is 1. The summed E-state index contributed by atoms with van der Waals surface area (Å²) < 4.78 is 6.58. The maximum absolute atomic E-state index is 6.58. The Balaban J connectivity index is 1.37. The van der Waals surface area contributed by atoms with Gasteiger partial charge in [-0.3, -0.25) is 0 Å². The zero-order chi connectivity index (χ0) is 15.7. The lowest BCUT2D eigenvalue weighted by molar-refractivity contribution is 0.0229. The number of fused-ring (bicyclic) bond motifs is 3. The lowest BCUT2D eigenvalue weighted by atomic mass is 9.71. The topological polar surface area (TPSA) is 12.5 Å². The standard InChI is InChI=1S/C21H31NO/c1-22(16-17-8-6-9-17)15-7-14-21-13-5-4-11-19(21)18-10-2-3-12-20(18)23-21/h2-3,10,12,17,19H,4-9,11,13-16H2,1H3. The molecule has 0 saturated heterocycles. The van der Waals surface area contributed by atoms with Crippen LogP contribution < -0.4 is 4.74 Å². The second-order valence-corrected chi connectivity index (χ2v) is 8.17. The van der Waals surface area contributed by atoms with Gasteiger partial charge in [0.05, 0.1) is 0 Å². The third-order valence-corrected chi connectivity index (χ3v) is 6.52. The summed E-state index contributed by atoms with van der Waals surface area (Å²) in [6, 6.07) is 8.78. The van der Waals surface area contributed by atoms with Crippen LogP contribution in [0.1, 0.15) is 69.3 Å². The van der Waals surface area contributed by atoms with Crippen molar-refractivity contribution in [2.24, 2.45) is 5.92 Å². The Bertz CT molecular complexity index is 538. The van der Waals surface area contributed by atoms with E-state index in [9.17, 15) is 0 Å². The first-order valence-electron chi connectivity index (χ1n) is 9.73. The lowest BCUT2D eigenvalue weighted by Gasteiger charge is -2.39. The monoisotopic (exact) mass is 313 g/mol. The van der Waals surface area contributed by atoms with Crippen LogP contribution in [0.2, 0.25) is 0 Å². The van der Waals surface area contributed by atoms with Gasteiger partial charge >= 0.3 is 0 Å². The van der Waals surface area contributed by atoms with Gasteiger partial charge in [-0.05, 0) is 70.5 Å². The van der Waals surface area contributed by atoms with Crippen molar-refractivity contribution in [2.75, 3.05) is 20.1 Å². The highest BCUT2D eigenvalue weighted by molar-refractivity contribution is 5.43. The number of benzene rings is 1. The summed E-state index contributed by atoms with van der Waals surface area (Å²) in [6.07, 6.45) is 12.1. The van der Waals surface area contributed by atoms with Gasteiger partial charge in [0, 0.05) is 18.0 Å². The number of para-hydroxylation sites is 1. The molecule has 1 aromatic rings. The van der Waals surface area contributed by atoms with Gasteiger partial charge < -0.3 is 9.64 Å². The molecule has 3 aliphatic rings. The quantitative estimate of drug-likeness (QED) is 0.734. The highest BCUT2D eigenvalue weighted by atomic mass is 16.5. The molecule has 1 aliphatic heterocycles. The van der Waals surface area contributed by atoms with Crippen molar-refractivity contribution in [3.05, 3.63) is 29.8 Å². The van der Waals surface area contributed by atoms with Crippen LogP contribution in [-0.4, -0.2) is 30.6 Å². The van der Waals surface area contributed by atoms with E-state index in [1.807, 2.05) is 0 Å². The minimum atomic E-state index is 0.110. The molecule has 2 atom stereocenters. The first kappa shape index (κ1) is 15.5. The number of ether oxygens (including phenoxy) is 1. The Labute approximate surface area is 141 Å². The molecular formula is C21H31NO. The average molecular weight is 313 g/mol. The van der Waals surface area contributed by atoms with Crippen LogP contribution in [0, 0.1) is 5.92 Å². The largest absolute Gasteiger partial charge is 0.486 e. The Kier molecular flexibility index (Phi) is 4.36. The van der Waals surface area contributed by atoms with Gasteiger partial charge in [0.1, 0.15) is 11.4 Å². The summed E-state index contributed by atoms with van der Waals surface area (Å²) in [4.78, 5) is 2.56. The van der Waals surface area contributed by atoms with Crippen LogP contribution in [0.5, 0.6) is 5.75 Å². The van der Waals surface area contributed by atoms with Crippen LogP contribution in [0.3, 0.4) is 0 Å². The lowest BCUT2D eigenvalue weighted by Crippen LogP contribution is -2.41. The average Bonchev–Trinajstić information content (AvgIpc) is 2.85. The molecule has 2 heteroatoms. The van der Waals surface area contributed by atoms with Gasteiger partial charge in [-0.2, -0.15) is 0 Å². The molecular weight excluding hydrogens is 282 g/mol. The first-order chi connectivity index (χ1) is 11.3. The van der Waals surface area contributed by atoms with Crippen molar-refractivity contribution >= 4 is 0 Å². The molecule has 23 heavy (non-hydrogen) atoms. The molecule has 0 bridgehead atoms. The van der Waals surface area contributed by atoms with Crippen LogP contribution >= 0.6 is 0 Å². The zero-order valence-electron chi connectivity index (χ0n) is 14.6. The molecule has 0 radical (unpaired) electrons. The van der Waals surface area contributed by atoms with Crippen molar-refractivity contribution in [2.45, 2.75) is 69.3 Å². The third-order valence-electron chi connectivity index (χ3n) is 6.52. The first-order valence-corrected chi connectivity index (χ1v) is 9.73. The van der Waals surface area contributed by atoms with E-state index in [1.165, 1.54) is 82.2 Å². The fourth-order valence-corrected chi connectivity index (χ4v) is 5.06. The fourth-order valence-electron chi connectivity index (χ4n) is 5.06. The minimum absolute atomic E-state index is 0.110. The Morgan fingerprint density at radius 1 is 1.13 bits per heavy atom. The summed E-state index contributed by atoms with van der Waals surface area (Å²) in [6.45, 7) is 2.53. The van der Waals surface area contributed by atoms with E-state index in [4.69, 9.17) is 4.74 Å². The van der Waals surface area contributed by atoms with Gasteiger partial charge in [0.15, 0.2) is 0 Å². The zero-order valence-corrected chi connectivity index (χ0v) is 14.6. The molecule has 0 N–H and O–H groups in total. The molecule has 1 heterocycles. The van der Waals surface area contributed by atoms with Gasteiger partial charge in [-0.25, -0.2) is 0 Å². The molecule has 2 aliphatic carbocycles. The molecule has 126 valence electrons. The van der Waals surface area contributed by atoms with Gasteiger partial charge in [-0.15, -0.1) is 0 Å². The van der Waals surface area contributed by atoms with Crippen molar-refractivity contribution in [1.82, 2.24) is 4.90 Å². The third kappa shape index (κ3) is 3.03. The Morgan fingerprint density at radius 3 is 2.83 bits per heavy atom. The smallest absolute Gasteiger partial charge is 0.123 e. The second kappa shape index (κ2) is 6.47. The summed E-state index contributed by atoms with van der Waals surface area (Å²) >= 11 is 0. The molecule has 0 spiro atoms. The summed E-state index contributed by atoms with van der Waals surface area (Å²) in [5, 5.41) is 0. The predicted octanol–water partition coefficient (Wildman–Crippen LogP) is 4.99. The number of hydrogen-bond acceptors (Lipinski definition) is 2. The maximum Gasteiger partial charge on any atom is 0.123 e. The maximum atomic E-state index is 6.58. The molecule has 2 saturated carbocycles. The minimum Gasteiger partial charge on any atom is -0.486 e. The molecule has 2 nitrogen and oxygen atoms in total. The van der Waals surface area contributed by atoms with Crippen molar-refractivity contribution in [3.8, 4) is 5.75 Å². The Hall–Kier alpha value is -1.02. The normalized spacial score (nSPS) is 29.7. The fraction of sp³-hybridized carbons (Fsp3) is 0.714. The van der Waals surface area contributed by atoms with Crippen molar-refractivity contribution in [3.63, 3.8) is 0 Å². The van der Waals surface area contributed by atoms with Gasteiger partial charge in [-0.1, -0.05) is 31.0 Å². The highest BCUT2D eigenvalue weighted by Crippen LogP contribution is 2.53. The summed E-state index contributed by atoms with van der Waals surface area (Å²) in [5.74, 6) is 2.79. The summed E-state index contributed by atoms with van der Waals surface area (Å²) in [7, 11) is 2.30. The van der Waals surface area contributed by atoms with E-state index < -0.39 is 0 Å². The van der Waals surface area contributed by atoms with E-state index >= 15 is 0 Å². The van der Waals surface area contributed by atoms with Crippen LogP contribution in [0.15, 0.2) is 24.3 Å². The molecule has 1 aromatic carbocycles. The SMILES string of the molecule is CN(CCCC12CCCCC1c1ccccc1O2)CC1CCC1. The van der Waals surface area contributed by atoms with Crippen LogP contribution in [0.4, 0.5) is 0 Å². The number of rotatable bonds is 6. The van der Waals surface area contributed by atoms with E-state index in [0.717, 1.165) is 5.92 Å². The second-order valence-electron chi connectivity index (χ2n) is 8.17. The predicted molar refractivity (Wildman–Crippen MR) is 95.1 cm³/mol. The van der Waals surface area contributed by atoms with E-state index in [0.29, 0.717) is 5.92 Å². The van der Waals surface area contributed by atoms with Crippen LogP contribution in [0.25, 0.3) is 0 Å². The summed E-state index contributed by atoms with van der Waals surface area (Å²) in [5.41, 5.74) is 1.59. The van der Waals surface area contributed by atoms with Gasteiger partial charge in [0.2, 0.25) is 0 Å². The van der Waals surface area contributed by atoms with Crippen molar-refractivity contribution < 1.29 is 4.74 Å². The molecule has 0 aromatic heterocycles.